The first-order valence-electron chi connectivity index (χ1n) is 18.5. The summed E-state index contributed by atoms with van der Waals surface area (Å²) in [6.07, 6.45) is 0. The van der Waals surface area contributed by atoms with Crippen LogP contribution in [0, 0.1) is 0 Å². The van der Waals surface area contributed by atoms with Crippen LogP contribution < -0.4 is 0 Å². The Morgan fingerprint density at radius 2 is 0.849 bits per heavy atom. The molecule has 0 bridgehead atoms. The van der Waals surface area contributed by atoms with Crippen LogP contribution in [0.25, 0.3) is 87.9 Å². The summed E-state index contributed by atoms with van der Waals surface area (Å²) in [4.78, 5) is 5.51. The monoisotopic (exact) mass is 669 g/mol. The van der Waals surface area contributed by atoms with E-state index in [0.717, 1.165) is 16.8 Å². The zero-order valence-corrected chi connectivity index (χ0v) is 28.8. The fraction of sp³-hybridized carbons (Fsp3) is 0.0192. The van der Waals surface area contributed by atoms with E-state index in [1.165, 1.54) is 93.3 Å². The van der Waals surface area contributed by atoms with E-state index in [-0.39, 0.29) is 5.41 Å². The summed E-state index contributed by atoms with van der Waals surface area (Å²) in [5.74, 6) is 0. The number of benzene rings is 9. The van der Waals surface area contributed by atoms with Gasteiger partial charge in [0, 0.05) is 21.7 Å². The Kier molecular flexibility index (Phi) is 5.77. The molecule has 2 aliphatic rings. The SMILES string of the molecule is c1ccc2c(c1)-c1ccccc1C21c2ccccc2-c2ccc(-c3ccc4c(c3)nc(-c3ccc5ccccc5c3)c3ccc5ccccc5c34)cc21. The third-order valence-corrected chi connectivity index (χ3v) is 12.0. The lowest BCUT2D eigenvalue weighted by molar-refractivity contribution is 0.794. The highest BCUT2D eigenvalue weighted by Gasteiger charge is 2.51. The molecular formula is C52H31N. The standard InChI is InChI=1S/C52H31N/c1-2-13-34-29-37(22-21-32(34)11-1)51-44-28-23-33-12-3-4-14-38(33)50(44)43-27-25-36(31-49(43)53-51)35-24-26-42-41-17-7-10-20-47(41)52(48(42)30-35)45-18-8-5-15-39(45)40-16-6-9-19-46(40)52/h1-31H. The Balaban J connectivity index is 1.12. The molecule has 1 heteroatoms. The lowest BCUT2D eigenvalue weighted by atomic mass is 9.70. The van der Waals surface area contributed by atoms with Gasteiger partial charge in [0.05, 0.1) is 16.6 Å². The Morgan fingerprint density at radius 1 is 0.321 bits per heavy atom. The maximum absolute atomic E-state index is 5.51. The molecule has 53 heavy (non-hydrogen) atoms. The van der Waals surface area contributed by atoms with Crippen LogP contribution in [-0.2, 0) is 5.41 Å². The van der Waals surface area contributed by atoms with Crippen molar-refractivity contribution in [2.45, 2.75) is 5.41 Å². The Bertz CT molecular complexity index is 3120. The van der Waals surface area contributed by atoms with Gasteiger partial charge >= 0.3 is 0 Å². The van der Waals surface area contributed by atoms with Gasteiger partial charge in [0.15, 0.2) is 0 Å². The maximum atomic E-state index is 5.51. The van der Waals surface area contributed by atoms with E-state index in [2.05, 4.69) is 188 Å². The molecular weight excluding hydrogens is 639 g/mol. The first kappa shape index (κ1) is 28.8. The fourth-order valence-corrected chi connectivity index (χ4v) is 9.79. The zero-order valence-electron chi connectivity index (χ0n) is 28.8. The second kappa shape index (κ2) is 10.6. The van der Waals surface area contributed by atoms with Crippen LogP contribution in [0.2, 0.25) is 0 Å². The van der Waals surface area contributed by atoms with E-state index < -0.39 is 0 Å². The first-order chi connectivity index (χ1) is 26.3. The number of hydrogen-bond donors (Lipinski definition) is 0. The van der Waals surface area contributed by atoms with Gasteiger partial charge in [-0.2, -0.15) is 0 Å². The van der Waals surface area contributed by atoms with Crippen LogP contribution in [0.3, 0.4) is 0 Å². The minimum atomic E-state index is -0.372. The van der Waals surface area contributed by atoms with Gasteiger partial charge in [0.2, 0.25) is 0 Å². The van der Waals surface area contributed by atoms with Crippen molar-refractivity contribution in [2.75, 3.05) is 0 Å². The first-order valence-corrected chi connectivity index (χ1v) is 18.5. The largest absolute Gasteiger partial charge is 0.247 e. The van der Waals surface area contributed by atoms with E-state index in [1.54, 1.807) is 0 Å². The van der Waals surface area contributed by atoms with Crippen LogP contribution in [0.1, 0.15) is 22.3 Å². The van der Waals surface area contributed by atoms with Gasteiger partial charge < -0.3 is 0 Å². The molecule has 9 aromatic carbocycles. The number of rotatable bonds is 2. The predicted octanol–water partition coefficient (Wildman–Crippen LogP) is 13.4. The van der Waals surface area contributed by atoms with Crippen LogP contribution in [0.15, 0.2) is 188 Å². The summed E-state index contributed by atoms with van der Waals surface area (Å²) in [5, 5.41) is 8.55. The number of aromatic nitrogens is 1. The van der Waals surface area contributed by atoms with E-state index in [1.807, 2.05) is 0 Å². The number of nitrogens with zero attached hydrogens (tertiary/aromatic N) is 1. The average Bonchev–Trinajstić information content (AvgIpc) is 3.70. The number of hydrogen-bond acceptors (Lipinski definition) is 1. The smallest absolute Gasteiger partial charge is 0.0788 e. The highest BCUT2D eigenvalue weighted by atomic mass is 14.7. The molecule has 1 heterocycles. The Hall–Kier alpha value is -6.83. The molecule has 0 amide bonds. The van der Waals surface area contributed by atoms with Gasteiger partial charge in [-0.25, -0.2) is 4.98 Å². The molecule has 244 valence electrons. The molecule has 0 N–H and O–H groups in total. The van der Waals surface area contributed by atoms with Crippen molar-refractivity contribution in [1.29, 1.82) is 0 Å². The molecule has 12 rings (SSSR count). The van der Waals surface area contributed by atoms with E-state index in [4.69, 9.17) is 4.98 Å². The van der Waals surface area contributed by atoms with Crippen molar-refractivity contribution < 1.29 is 0 Å². The van der Waals surface area contributed by atoms with Gasteiger partial charge in [-0.05, 0) is 95.4 Å². The molecule has 0 radical (unpaired) electrons. The van der Waals surface area contributed by atoms with Crippen molar-refractivity contribution in [2.24, 2.45) is 0 Å². The molecule has 0 fully saturated rings. The maximum Gasteiger partial charge on any atom is 0.0788 e. The normalized spacial score (nSPS) is 13.4. The van der Waals surface area contributed by atoms with E-state index >= 15 is 0 Å². The summed E-state index contributed by atoms with van der Waals surface area (Å²) in [6.45, 7) is 0. The minimum Gasteiger partial charge on any atom is -0.247 e. The average molecular weight is 670 g/mol. The van der Waals surface area contributed by atoms with E-state index in [9.17, 15) is 0 Å². The number of pyridine rings is 1. The second-order valence-corrected chi connectivity index (χ2v) is 14.6. The van der Waals surface area contributed by atoms with Crippen LogP contribution in [0.4, 0.5) is 0 Å². The van der Waals surface area contributed by atoms with Crippen LogP contribution >= 0.6 is 0 Å². The van der Waals surface area contributed by atoms with Crippen molar-refractivity contribution in [3.8, 4) is 44.6 Å². The number of fused-ring (bicyclic) bond motifs is 16. The highest BCUT2D eigenvalue weighted by Crippen LogP contribution is 2.63. The minimum absolute atomic E-state index is 0.372. The Labute approximate surface area is 307 Å². The van der Waals surface area contributed by atoms with Gasteiger partial charge in [-0.1, -0.05) is 170 Å². The quantitative estimate of drug-likeness (QED) is 0.167. The van der Waals surface area contributed by atoms with Gasteiger partial charge in [0.25, 0.3) is 0 Å². The molecule has 0 saturated heterocycles. The zero-order chi connectivity index (χ0) is 34.7. The van der Waals surface area contributed by atoms with Crippen LogP contribution in [-0.4, -0.2) is 4.98 Å². The van der Waals surface area contributed by atoms with Crippen LogP contribution in [0.5, 0.6) is 0 Å². The highest BCUT2D eigenvalue weighted by molar-refractivity contribution is 6.22. The summed E-state index contributed by atoms with van der Waals surface area (Å²) in [7, 11) is 0. The third kappa shape index (κ3) is 3.83. The molecule has 1 spiro atoms. The van der Waals surface area contributed by atoms with Gasteiger partial charge in [-0.3, -0.25) is 0 Å². The van der Waals surface area contributed by atoms with Gasteiger partial charge in [0.1, 0.15) is 0 Å². The fourth-order valence-electron chi connectivity index (χ4n) is 9.79. The van der Waals surface area contributed by atoms with Crippen molar-refractivity contribution in [1.82, 2.24) is 4.98 Å². The molecule has 0 unspecified atom stereocenters. The molecule has 10 aromatic rings. The Morgan fingerprint density at radius 3 is 1.58 bits per heavy atom. The van der Waals surface area contributed by atoms with Gasteiger partial charge in [-0.15, -0.1) is 0 Å². The van der Waals surface area contributed by atoms with E-state index in [0.29, 0.717) is 0 Å². The summed E-state index contributed by atoms with van der Waals surface area (Å²) in [5.41, 5.74) is 15.9. The predicted molar refractivity (Wildman–Crippen MR) is 221 cm³/mol. The summed E-state index contributed by atoms with van der Waals surface area (Å²) < 4.78 is 0. The molecule has 1 nitrogen and oxygen atoms in total. The van der Waals surface area contributed by atoms with Crippen molar-refractivity contribution >= 4 is 43.2 Å². The third-order valence-electron chi connectivity index (χ3n) is 12.0. The topological polar surface area (TPSA) is 12.9 Å². The lowest BCUT2D eigenvalue weighted by Gasteiger charge is -2.30. The van der Waals surface area contributed by atoms with Crippen molar-refractivity contribution in [3.05, 3.63) is 210 Å². The molecule has 0 atom stereocenters. The van der Waals surface area contributed by atoms with Crippen molar-refractivity contribution in [3.63, 3.8) is 0 Å². The summed E-state index contributed by atoms with van der Waals surface area (Å²) in [6, 6.07) is 69.7. The summed E-state index contributed by atoms with van der Waals surface area (Å²) >= 11 is 0. The molecule has 0 saturated carbocycles. The lowest BCUT2D eigenvalue weighted by Crippen LogP contribution is -2.25. The molecule has 2 aliphatic carbocycles. The molecule has 0 aliphatic heterocycles. The second-order valence-electron chi connectivity index (χ2n) is 14.6. The molecule has 1 aromatic heterocycles.